The van der Waals surface area contributed by atoms with Gasteiger partial charge in [-0.25, -0.2) is 0 Å². The topological polar surface area (TPSA) is 26.0 Å². The minimum atomic E-state index is 0.734. The van der Waals surface area contributed by atoms with E-state index in [9.17, 15) is 0 Å². The number of rotatable bonds is 0. The molecule has 6 heavy (non-hydrogen) atoms. The first-order chi connectivity index (χ1) is 2.77. The van der Waals surface area contributed by atoms with Crippen LogP contribution in [0.3, 0.4) is 0 Å². The highest BCUT2D eigenvalue weighted by molar-refractivity contribution is 4.90. The van der Waals surface area contributed by atoms with Gasteiger partial charge in [0.2, 0.25) is 0 Å². The molecule has 0 rings (SSSR count). The molecule has 0 aliphatic heterocycles. The lowest BCUT2D eigenvalue weighted by atomic mass is 10.5. The Morgan fingerprint density at radius 3 is 2.33 bits per heavy atom. The molecule has 0 amide bonds. The van der Waals surface area contributed by atoms with E-state index in [1.54, 1.807) is 13.0 Å². The molecular formula is C5H9N. The van der Waals surface area contributed by atoms with Gasteiger partial charge in [-0.15, -0.1) is 5.73 Å². The first kappa shape index (κ1) is 5.32. The average molecular weight is 83.1 g/mol. The molecule has 0 aliphatic carbocycles. The van der Waals surface area contributed by atoms with E-state index in [2.05, 4.69) is 5.73 Å². The van der Waals surface area contributed by atoms with E-state index < -0.39 is 0 Å². The third kappa shape index (κ3) is 3.32. The molecule has 0 aromatic carbocycles. The molecule has 0 aromatic rings. The van der Waals surface area contributed by atoms with Crippen molar-refractivity contribution < 1.29 is 0 Å². The minimum Gasteiger partial charge on any atom is -0.396 e. The summed E-state index contributed by atoms with van der Waals surface area (Å²) in [7, 11) is 0. The van der Waals surface area contributed by atoms with E-state index in [-0.39, 0.29) is 0 Å². The zero-order chi connectivity index (χ0) is 4.99. The fourth-order valence-corrected chi connectivity index (χ4v) is 0.228. The smallest absolute Gasteiger partial charge is 0.0477 e. The highest BCUT2D eigenvalue weighted by Gasteiger charge is 1.59. The number of nitrogens with two attached hydrogens (primary N) is 1. The van der Waals surface area contributed by atoms with Gasteiger partial charge in [-0.1, -0.05) is 0 Å². The van der Waals surface area contributed by atoms with Crippen molar-refractivity contribution in [2.75, 3.05) is 0 Å². The molecule has 0 saturated heterocycles. The third-order valence-corrected chi connectivity index (χ3v) is 0.372. The van der Waals surface area contributed by atoms with E-state index in [1.807, 2.05) is 6.92 Å². The van der Waals surface area contributed by atoms with Gasteiger partial charge in [-0.05, 0) is 19.9 Å². The predicted octanol–water partition coefficient (Wildman–Crippen LogP) is 1.02. The Hall–Kier alpha value is -0.680. The second-order valence-corrected chi connectivity index (χ2v) is 1.12. The highest BCUT2D eigenvalue weighted by Crippen LogP contribution is 1.69. The van der Waals surface area contributed by atoms with Gasteiger partial charge in [0, 0.05) is 5.70 Å². The zero-order valence-electron chi connectivity index (χ0n) is 4.15. The molecule has 0 atom stereocenters. The van der Waals surface area contributed by atoms with Gasteiger partial charge in [-0.2, -0.15) is 0 Å². The monoisotopic (exact) mass is 83.1 g/mol. The maximum absolute atomic E-state index is 5.18. The Labute approximate surface area is 38.2 Å². The molecule has 0 heterocycles. The zero-order valence-corrected chi connectivity index (χ0v) is 4.15. The van der Waals surface area contributed by atoms with Gasteiger partial charge in [0.05, 0.1) is 0 Å². The van der Waals surface area contributed by atoms with Crippen LogP contribution in [0.4, 0.5) is 0 Å². The summed E-state index contributed by atoms with van der Waals surface area (Å²) in [6, 6.07) is 0. The van der Waals surface area contributed by atoms with Crippen LogP contribution >= 0.6 is 0 Å². The standard InChI is InChI=1S/C5H9N/c1-3-4-5(2)6/h3H,6H2,1-2H3. The Balaban J connectivity index is 3.73. The molecule has 0 radical (unpaired) electrons. The predicted molar refractivity (Wildman–Crippen MR) is 27.1 cm³/mol. The Morgan fingerprint density at radius 2 is 2.33 bits per heavy atom. The molecule has 0 unspecified atom stereocenters. The largest absolute Gasteiger partial charge is 0.396 e. The molecular weight excluding hydrogens is 74.1 g/mol. The number of hydrogen-bond acceptors (Lipinski definition) is 1. The lowest BCUT2D eigenvalue weighted by Crippen LogP contribution is -1.85. The summed E-state index contributed by atoms with van der Waals surface area (Å²) in [6.07, 6.45) is 1.79. The van der Waals surface area contributed by atoms with E-state index in [1.165, 1.54) is 0 Å². The highest BCUT2D eigenvalue weighted by atomic mass is 14.5. The molecule has 0 saturated carbocycles. The van der Waals surface area contributed by atoms with Crippen LogP contribution in [0.15, 0.2) is 17.5 Å². The molecule has 0 aromatic heterocycles. The van der Waals surface area contributed by atoms with Crippen LogP contribution in [0, 0.1) is 0 Å². The fourth-order valence-electron chi connectivity index (χ4n) is 0.228. The van der Waals surface area contributed by atoms with Gasteiger partial charge in [0.25, 0.3) is 0 Å². The van der Waals surface area contributed by atoms with Crippen LogP contribution in [0.1, 0.15) is 13.8 Å². The van der Waals surface area contributed by atoms with Crippen molar-refractivity contribution in [1.82, 2.24) is 0 Å². The first-order valence-electron chi connectivity index (χ1n) is 1.90. The summed E-state index contributed by atoms with van der Waals surface area (Å²) >= 11 is 0. The molecule has 0 aliphatic rings. The summed E-state index contributed by atoms with van der Waals surface area (Å²) in [5.74, 6) is 0. The SMILES string of the molecule is CC=C=C(C)N. The maximum Gasteiger partial charge on any atom is 0.0477 e. The van der Waals surface area contributed by atoms with Crippen molar-refractivity contribution >= 4 is 0 Å². The van der Waals surface area contributed by atoms with Gasteiger partial charge in [0.15, 0.2) is 0 Å². The fraction of sp³-hybridized carbons (Fsp3) is 0.400. The Kier molecular flexibility index (Phi) is 2.26. The Morgan fingerprint density at radius 1 is 1.83 bits per heavy atom. The molecule has 0 bridgehead atoms. The van der Waals surface area contributed by atoms with Crippen molar-refractivity contribution in [1.29, 1.82) is 0 Å². The minimum absolute atomic E-state index is 0.734. The molecule has 0 spiro atoms. The van der Waals surface area contributed by atoms with Gasteiger partial charge in [-0.3, -0.25) is 0 Å². The van der Waals surface area contributed by atoms with Gasteiger partial charge >= 0.3 is 0 Å². The van der Waals surface area contributed by atoms with Crippen LogP contribution in [0.25, 0.3) is 0 Å². The van der Waals surface area contributed by atoms with Crippen molar-refractivity contribution in [3.05, 3.63) is 17.5 Å². The van der Waals surface area contributed by atoms with Crippen LogP contribution in [0.2, 0.25) is 0 Å². The first-order valence-corrected chi connectivity index (χ1v) is 1.90. The third-order valence-electron chi connectivity index (χ3n) is 0.372. The van der Waals surface area contributed by atoms with Crippen LogP contribution in [-0.2, 0) is 0 Å². The molecule has 1 nitrogen and oxygen atoms in total. The van der Waals surface area contributed by atoms with Gasteiger partial charge in [0.1, 0.15) is 0 Å². The average Bonchev–Trinajstić information content (AvgIpc) is 1.35. The van der Waals surface area contributed by atoms with Crippen molar-refractivity contribution in [2.45, 2.75) is 13.8 Å². The number of allylic oxidation sites excluding steroid dienone is 1. The lowest BCUT2D eigenvalue weighted by Gasteiger charge is -1.72. The summed E-state index contributed by atoms with van der Waals surface area (Å²) in [5.41, 5.74) is 8.69. The Bertz CT molecular complexity index is 82.1. The van der Waals surface area contributed by atoms with Crippen molar-refractivity contribution in [3.8, 4) is 0 Å². The van der Waals surface area contributed by atoms with E-state index in [0.717, 1.165) is 5.70 Å². The molecule has 34 valence electrons. The quantitative estimate of drug-likeness (QED) is 0.435. The van der Waals surface area contributed by atoms with Crippen molar-refractivity contribution in [2.24, 2.45) is 5.73 Å². The van der Waals surface area contributed by atoms with E-state index in [4.69, 9.17) is 5.73 Å². The second kappa shape index (κ2) is 2.55. The summed E-state index contributed by atoms with van der Waals surface area (Å²) in [6.45, 7) is 3.69. The summed E-state index contributed by atoms with van der Waals surface area (Å²) in [4.78, 5) is 0. The van der Waals surface area contributed by atoms with Crippen molar-refractivity contribution in [3.63, 3.8) is 0 Å². The molecule has 2 N–H and O–H groups in total. The van der Waals surface area contributed by atoms with Crippen LogP contribution in [-0.4, -0.2) is 0 Å². The maximum atomic E-state index is 5.18. The normalized spacial score (nSPS) is 6.33. The second-order valence-electron chi connectivity index (χ2n) is 1.12. The molecule has 1 heteroatoms. The van der Waals surface area contributed by atoms with Crippen LogP contribution < -0.4 is 5.73 Å². The van der Waals surface area contributed by atoms with Gasteiger partial charge < -0.3 is 5.73 Å². The van der Waals surface area contributed by atoms with E-state index >= 15 is 0 Å². The molecule has 0 fully saturated rings. The van der Waals surface area contributed by atoms with Crippen LogP contribution in [0.5, 0.6) is 0 Å². The lowest BCUT2D eigenvalue weighted by molar-refractivity contribution is 1.32. The van der Waals surface area contributed by atoms with E-state index in [0.29, 0.717) is 0 Å². The summed E-state index contributed by atoms with van der Waals surface area (Å²) in [5, 5.41) is 0. The number of hydrogen-bond donors (Lipinski definition) is 1. The summed E-state index contributed by atoms with van der Waals surface area (Å²) < 4.78 is 0.